The molecule has 1 heterocycles. The van der Waals surface area contributed by atoms with E-state index in [1.54, 1.807) is 30.3 Å². The first-order valence-electron chi connectivity index (χ1n) is 8.05. The monoisotopic (exact) mass is 341 g/mol. The summed E-state index contributed by atoms with van der Waals surface area (Å²) < 4.78 is 10.5. The van der Waals surface area contributed by atoms with Gasteiger partial charge in [0.25, 0.3) is 5.91 Å². The Morgan fingerprint density at radius 3 is 2.68 bits per heavy atom. The minimum atomic E-state index is -1.04. The van der Waals surface area contributed by atoms with Crippen LogP contribution in [0.15, 0.2) is 48.5 Å². The molecule has 0 saturated carbocycles. The number of benzene rings is 2. The highest BCUT2D eigenvalue weighted by atomic mass is 16.5. The fraction of sp³-hybridized carbons (Fsp3) is 0.263. The molecule has 0 spiro atoms. The quantitative estimate of drug-likeness (QED) is 0.844. The average molecular weight is 341 g/mol. The van der Waals surface area contributed by atoms with E-state index in [-0.39, 0.29) is 5.91 Å². The van der Waals surface area contributed by atoms with Crippen molar-refractivity contribution < 1.29 is 24.2 Å². The Bertz CT molecular complexity index is 751. The molecule has 1 amide bonds. The van der Waals surface area contributed by atoms with E-state index in [1.807, 2.05) is 18.2 Å². The number of carboxylic acids is 1. The number of carbonyl (C=O) groups excluding carboxylic acids is 1. The summed E-state index contributed by atoms with van der Waals surface area (Å²) in [6.07, 6.45) is 0.975. The van der Waals surface area contributed by atoms with Gasteiger partial charge < -0.3 is 19.9 Å². The van der Waals surface area contributed by atoms with Gasteiger partial charge in [0, 0.05) is 23.8 Å². The first-order chi connectivity index (χ1) is 12.1. The summed E-state index contributed by atoms with van der Waals surface area (Å²) in [5.74, 6) is -0.452. The Kier molecular flexibility index (Phi) is 5.30. The molecule has 2 aromatic rings. The smallest absolute Gasteiger partial charge is 0.341 e. The molecule has 1 aliphatic rings. The topological polar surface area (TPSA) is 84.9 Å². The van der Waals surface area contributed by atoms with Gasteiger partial charge in [0.15, 0.2) is 6.61 Å². The van der Waals surface area contributed by atoms with Gasteiger partial charge >= 0.3 is 5.97 Å². The number of carboxylic acid groups (broad SMARTS) is 1. The lowest BCUT2D eigenvalue weighted by molar-refractivity contribution is -0.139. The second-order valence-electron chi connectivity index (χ2n) is 5.85. The van der Waals surface area contributed by atoms with Gasteiger partial charge in [-0.1, -0.05) is 12.1 Å². The van der Waals surface area contributed by atoms with Gasteiger partial charge in [0.05, 0.1) is 6.61 Å². The highest BCUT2D eigenvalue weighted by Crippen LogP contribution is 2.26. The number of anilines is 1. The number of nitrogens with one attached hydrogen (secondary N) is 1. The Hall–Kier alpha value is -2.86. The molecule has 130 valence electrons. The molecular formula is C19H19NO5. The number of aliphatic carboxylic acids is 1. The van der Waals surface area contributed by atoms with Crippen molar-refractivity contribution in [1.29, 1.82) is 0 Å². The minimum Gasteiger partial charge on any atom is -0.482 e. The van der Waals surface area contributed by atoms with Crippen molar-refractivity contribution in [3.63, 3.8) is 0 Å². The molecule has 2 N–H and O–H groups in total. The predicted molar refractivity (Wildman–Crippen MR) is 92.1 cm³/mol. The first-order valence-corrected chi connectivity index (χ1v) is 8.05. The summed E-state index contributed by atoms with van der Waals surface area (Å²) in [5.41, 5.74) is 2.32. The van der Waals surface area contributed by atoms with Gasteiger partial charge in [-0.2, -0.15) is 0 Å². The second-order valence-corrected chi connectivity index (χ2v) is 5.85. The summed E-state index contributed by atoms with van der Waals surface area (Å²) in [4.78, 5) is 22.9. The van der Waals surface area contributed by atoms with Crippen LogP contribution in [0.1, 0.15) is 28.3 Å². The van der Waals surface area contributed by atoms with Crippen LogP contribution in [0.5, 0.6) is 5.75 Å². The lowest BCUT2D eigenvalue weighted by Gasteiger charge is -2.11. The molecule has 6 nitrogen and oxygen atoms in total. The number of ether oxygens (including phenoxy) is 2. The number of rotatable bonds is 6. The van der Waals surface area contributed by atoms with E-state index in [1.165, 1.54) is 0 Å². The van der Waals surface area contributed by atoms with Crippen LogP contribution >= 0.6 is 0 Å². The molecule has 1 aliphatic heterocycles. The maximum atomic E-state index is 12.4. The maximum absolute atomic E-state index is 12.4. The fourth-order valence-corrected chi connectivity index (χ4v) is 2.71. The van der Waals surface area contributed by atoms with E-state index in [0.29, 0.717) is 29.5 Å². The van der Waals surface area contributed by atoms with Crippen molar-refractivity contribution in [3.8, 4) is 5.75 Å². The van der Waals surface area contributed by atoms with Gasteiger partial charge in [-0.25, -0.2) is 4.79 Å². The third kappa shape index (κ3) is 4.58. The van der Waals surface area contributed by atoms with Gasteiger partial charge in [-0.15, -0.1) is 0 Å². The third-order valence-corrected chi connectivity index (χ3v) is 4.02. The van der Waals surface area contributed by atoms with Gasteiger partial charge in [-0.05, 0) is 48.4 Å². The SMILES string of the molecule is O=C(O)COc1ccc(NC(=O)c2cccc(C3CCOC3)c2)cc1. The summed E-state index contributed by atoms with van der Waals surface area (Å²) >= 11 is 0. The zero-order valence-corrected chi connectivity index (χ0v) is 13.6. The summed E-state index contributed by atoms with van der Waals surface area (Å²) in [7, 11) is 0. The molecule has 0 aliphatic carbocycles. The van der Waals surface area contributed by atoms with Gasteiger partial charge in [0.1, 0.15) is 5.75 Å². The third-order valence-electron chi connectivity index (χ3n) is 4.02. The molecule has 1 atom stereocenters. The van der Waals surface area contributed by atoms with Crippen molar-refractivity contribution in [2.45, 2.75) is 12.3 Å². The van der Waals surface area contributed by atoms with Crippen LogP contribution in [-0.4, -0.2) is 36.8 Å². The molecule has 25 heavy (non-hydrogen) atoms. The van der Waals surface area contributed by atoms with Gasteiger partial charge in [-0.3, -0.25) is 4.79 Å². The number of amides is 1. The largest absolute Gasteiger partial charge is 0.482 e. The predicted octanol–water partition coefficient (Wildman–Crippen LogP) is 2.91. The zero-order chi connectivity index (χ0) is 17.6. The van der Waals surface area contributed by atoms with Crippen LogP contribution in [0, 0.1) is 0 Å². The first kappa shape index (κ1) is 17.0. The van der Waals surface area contributed by atoms with E-state index in [2.05, 4.69) is 5.32 Å². The number of carbonyl (C=O) groups is 2. The van der Waals surface area contributed by atoms with E-state index >= 15 is 0 Å². The van der Waals surface area contributed by atoms with Crippen molar-refractivity contribution in [2.24, 2.45) is 0 Å². The van der Waals surface area contributed by atoms with Crippen molar-refractivity contribution in [1.82, 2.24) is 0 Å². The molecule has 3 rings (SSSR count). The molecule has 0 bridgehead atoms. The summed E-state index contributed by atoms with van der Waals surface area (Å²) in [5, 5.41) is 11.4. The lowest BCUT2D eigenvalue weighted by atomic mass is 9.96. The molecule has 0 radical (unpaired) electrons. The standard InChI is InChI=1S/C19H19NO5/c21-18(22)12-25-17-6-4-16(5-7-17)20-19(23)14-3-1-2-13(10-14)15-8-9-24-11-15/h1-7,10,15H,8-9,11-12H2,(H,20,23)(H,21,22). The van der Waals surface area contributed by atoms with Gasteiger partial charge in [0.2, 0.25) is 0 Å². The lowest BCUT2D eigenvalue weighted by Crippen LogP contribution is -2.13. The highest BCUT2D eigenvalue weighted by Gasteiger charge is 2.18. The van der Waals surface area contributed by atoms with Crippen molar-refractivity contribution in [3.05, 3.63) is 59.7 Å². The second kappa shape index (κ2) is 7.81. The Morgan fingerprint density at radius 1 is 1.20 bits per heavy atom. The molecule has 0 aromatic heterocycles. The van der Waals surface area contributed by atoms with Crippen LogP contribution in [0.25, 0.3) is 0 Å². The van der Waals surface area contributed by atoms with E-state index < -0.39 is 12.6 Å². The minimum absolute atomic E-state index is 0.194. The van der Waals surface area contributed by atoms with E-state index in [4.69, 9.17) is 14.6 Å². The van der Waals surface area contributed by atoms with Crippen LogP contribution in [0.4, 0.5) is 5.69 Å². The van der Waals surface area contributed by atoms with Crippen LogP contribution in [0.2, 0.25) is 0 Å². The Labute approximate surface area is 145 Å². The summed E-state index contributed by atoms with van der Waals surface area (Å²) in [6, 6.07) is 14.2. The summed E-state index contributed by atoms with van der Waals surface area (Å²) in [6.45, 7) is 1.06. The number of hydrogen-bond donors (Lipinski definition) is 2. The van der Waals surface area contributed by atoms with Crippen LogP contribution < -0.4 is 10.1 Å². The molecule has 6 heteroatoms. The molecule has 2 aromatic carbocycles. The normalized spacial score (nSPS) is 16.4. The average Bonchev–Trinajstić information content (AvgIpc) is 3.16. The molecule has 1 fully saturated rings. The van der Waals surface area contributed by atoms with E-state index in [9.17, 15) is 9.59 Å². The molecular weight excluding hydrogens is 322 g/mol. The van der Waals surface area contributed by atoms with Crippen molar-refractivity contribution >= 4 is 17.6 Å². The number of hydrogen-bond acceptors (Lipinski definition) is 4. The van der Waals surface area contributed by atoms with E-state index in [0.717, 1.165) is 18.6 Å². The van der Waals surface area contributed by atoms with Crippen LogP contribution in [-0.2, 0) is 9.53 Å². The Balaban J connectivity index is 1.63. The van der Waals surface area contributed by atoms with Crippen molar-refractivity contribution in [2.75, 3.05) is 25.1 Å². The van der Waals surface area contributed by atoms with Crippen LogP contribution in [0.3, 0.4) is 0 Å². The maximum Gasteiger partial charge on any atom is 0.341 e. The molecule has 1 saturated heterocycles. The zero-order valence-electron chi connectivity index (χ0n) is 13.6. The Morgan fingerprint density at radius 2 is 2.00 bits per heavy atom. The highest BCUT2D eigenvalue weighted by molar-refractivity contribution is 6.04. The molecule has 1 unspecified atom stereocenters. The fourth-order valence-electron chi connectivity index (χ4n) is 2.71.